The van der Waals surface area contributed by atoms with Gasteiger partial charge in [0.05, 0.1) is 7.11 Å². The maximum absolute atomic E-state index is 13.6. The lowest BCUT2D eigenvalue weighted by Crippen LogP contribution is -2.39. The Kier molecular flexibility index (Phi) is 6.19. The molecule has 1 amide bonds. The Morgan fingerprint density at radius 1 is 1.45 bits per heavy atom. The predicted octanol–water partition coefficient (Wildman–Crippen LogP) is 2.83. The molecule has 1 saturated heterocycles. The molecule has 5 heteroatoms. The number of carbonyl (C=O) groups excluding carboxylic acids is 1. The number of rotatable bonds is 6. The second-order valence-corrected chi connectivity index (χ2v) is 5.84. The normalized spacial score (nSPS) is 19.0. The van der Waals surface area contributed by atoms with Crippen molar-refractivity contribution in [1.29, 1.82) is 0 Å². The van der Waals surface area contributed by atoms with Crippen LogP contribution >= 0.6 is 0 Å². The number of ether oxygens (including phenoxy) is 1. The Balaban J connectivity index is 1.74. The average Bonchev–Trinajstić information content (AvgIpc) is 2.52. The average molecular weight is 308 g/mol. The molecule has 1 heterocycles. The molecule has 2 rings (SSSR count). The molecule has 0 unspecified atom stereocenters. The molecule has 1 aliphatic heterocycles. The van der Waals surface area contributed by atoms with Crippen molar-refractivity contribution in [3.8, 4) is 5.75 Å². The van der Waals surface area contributed by atoms with Gasteiger partial charge in [0.1, 0.15) is 0 Å². The third-order valence-corrected chi connectivity index (χ3v) is 4.26. The fraction of sp³-hybridized carbons (Fsp3) is 0.588. The summed E-state index contributed by atoms with van der Waals surface area (Å²) < 4.78 is 18.4. The van der Waals surface area contributed by atoms with Gasteiger partial charge in [0.15, 0.2) is 11.6 Å². The molecule has 1 aromatic rings. The number of methoxy groups -OCH3 is 1. The van der Waals surface area contributed by atoms with E-state index in [1.165, 1.54) is 38.5 Å². The Hall–Kier alpha value is -1.62. The summed E-state index contributed by atoms with van der Waals surface area (Å²) in [6, 6.07) is 4.89. The smallest absolute Gasteiger partial charge is 0.251 e. The summed E-state index contributed by atoms with van der Waals surface area (Å²) in [5.74, 6) is -0.610. The van der Waals surface area contributed by atoms with Gasteiger partial charge in [0.2, 0.25) is 0 Å². The highest BCUT2D eigenvalue weighted by atomic mass is 19.1. The van der Waals surface area contributed by atoms with Crippen molar-refractivity contribution in [1.82, 2.24) is 10.2 Å². The van der Waals surface area contributed by atoms with Crippen LogP contribution in [0, 0.1) is 5.82 Å². The summed E-state index contributed by atoms with van der Waals surface area (Å²) in [5.41, 5.74) is 0.324. The molecule has 0 spiro atoms. The molecule has 1 aliphatic rings. The molecule has 122 valence electrons. The minimum Gasteiger partial charge on any atom is -0.494 e. The third kappa shape index (κ3) is 4.44. The highest BCUT2D eigenvalue weighted by molar-refractivity contribution is 5.94. The molecule has 22 heavy (non-hydrogen) atoms. The number of nitrogens with one attached hydrogen (secondary N) is 1. The van der Waals surface area contributed by atoms with Crippen molar-refractivity contribution >= 4 is 5.91 Å². The first-order chi connectivity index (χ1) is 10.6. The Bertz CT molecular complexity index is 507. The van der Waals surface area contributed by atoms with E-state index in [1.807, 2.05) is 0 Å². The van der Waals surface area contributed by atoms with Crippen LogP contribution in [0.4, 0.5) is 4.39 Å². The van der Waals surface area contributed by atoms with Crippen molar-refractivity contribution in [2.24, 2.45) is 0 Å². The molecule has 0 aromatic heterocycles. The number of hydrogen-bond acceptors (Lipinski definition) is 3. The number of piperidine rings is 1. The summed E-state index contributed by atoms with van der Waals surface area (Å²) in [6.45, 7) is 5.02. The van der Waals surface area contributed by atoms with Crippen molar-refractivity contribution in [3.05, 3.63) is 29.6 Å². The Morgan fingerprint density at radius 3 is 2.95 bits per heavy atom. The lowest BCUT2D eigenvalue weighted by atomic mass is 10.0. The van der Waals surface area contributed by atoms with E-state index in [0.29, 0.717) is 18.2 Å². The molecule has 0 radical (unpaired) electrons. The number of benzene rings is 1. The van der Waals surface area contributed by atoms with Gasteiger partial charge in [0.25, 0.3) is 5.91 Å². The number of nitrogens with zero attached hydrogens (tertiary/aromatic N) is 1. The second-order valence-electron chi connectivity index (χ2n) is 5.84. The van der Waals surface area contributed by atoms with Crippen LogP contribution in [0.25, 0.3) is 0 Å². The number of carbonyl (C=O) groups is 1. The molecule has 0 aliphatic carbocycles. The van der Waals surface area contributed by atoms with E-state index in [2.05, 4.69) is 17.1 Å². The minimum absolute atomic E-state index is 0.149. The first kappa shape index (κ1) is 16.7. The van der Waals surface area contributed by atoms with Crippen LogP contribution < -0.4 is 10.1 Å². The van der Waals surface area contributed by atoms with Crippen molar-refractivity contribution in [2.75, 3.05) is 26.7 Å². The van der Waals surface area contributed by atoms with Gasteiger partial charge >= 0.3 is 0 Å². The van der Waals surface area contributed by atoms with Gasteiger partial charge in [-0.05, 0) is 50.9 Å². The van der Waals surface area contributed by atoms with Gasteiger partial charge in [-0.15, -0.1) is 0 Å². The van der Waals surface area contributed by atoms with Gasteiger partial charge in [-0.25, -0.2) is 4.39 Å². The lowest BCUT2D eigenvalue weighted by Gasteiger charge is -2.33. The van der Waals surface area contributed by atoms with Crippen LogP contribution in [0.1, 0.15) is 43.0 Å². The summed E-state index contributed by atoms with van der Waals surface area (Å²) in [4.78, 5) is 14.5. The van der Waals surface area contributed by atoms with Crippen molar-refractivity contribution in [2.45, 2.75) is 38.6 Å². The quantitative estimate of drug-likeness (QED) is 0.822. The van der Waals surface area contributed by atoms with Crippen molar-refractivity contribution in [3.63, 3.8) is 0 Å². The minimum atomic E-state index is -0.516. The van der Waals surface area contributed by atoms with Crippen LogP contribution in [-0.2, 0) is 0 Å². The van der Waals surface area contributed by atoms with E-state index in [0.717, 1.165) is 19.5 Å². The van der Waals surface area contributed by atoms with Crippen LogP contribution in [0.15, 0.2) is 18.2 Å². The molecule has 0 saturated carbocycles. The first-order valence-corrected chi connectivity index (χ1v) is 7.97. The topological polar surface area (TPSA) is 41.6 Å². The van der Waals surface area contributed by atoms with E-state index in [1.54, 1.807) is 6.07 Å². The second kappa shape index (κ2) is 8.13. The fourth-order valence-electron chi connectivity index (χ4n) is 2.88. The summed E-state index contributed by atoms with van der Waals surface area (Å²) >= 11 is 0. The Morgan fingerprint density at radius 2 is 2.27 bits per heavy atom. The van der Waals surface area contributed by atoms with Gasteiger partial charge in [-0.3, -0.25) is 4.79 Å². The summed E-state index contributed by atoms with van der Waals surface area (Å²) in [7, 11) is 1.40. The van der Waals surface area contributed by atoms with E-state index >= 15 is 0 Å². The third-order valence-electron chi connectivity index (χ3n) is 4.26. The SMILES string of the molecule is COc1ccc(C(=O)NCCCN2CCCC[C@H]2C)cc1F. The number of amides is 1. The van der Waals surface area contributed by atoms with Crippen LogP contribution in [0.5, 0.6) is 5.75 Å². The van der Waals surface area contributed by atoms with Crippen LogP contribution in [-0.4, -0.2) is 43.6 Å². The largest absolute Gasteiger partial charge is 0.494 e. The van der Waals surface area contributed by atoms with Gasteiger partial charge in [-0.2, -0.15) is 0 Å². The van der Waals surface area contributed by atoms with E-state index in [-0.39, 0.29) is 11.7 Å². The maximum Gasteiger partial charge on any atom is 0.251 e. The zero-order valence-corrected chi connectivity index (χ0v) is 13.4. The van der Waals surface area contributed by atoms with Crippen LogP contribution in [0.2, 0.25) is 0 Å². The fourth-order valence-corrected chi connectivity index (χ4v) is 2.88. The van der Waals surface area contributed by atoms with E-state index in [9.17, 15) is 9.18 Å². The van der Waals surface area contributed by atoms with E-state index in [4.69, 9.17) is 4.74 Å². The lowest BCUT2D eigenvalue weighted by molar-refractivity contribution is 0.0948. The first-order valence-electron chi connectivity index (χ1n) is 7.97. The standard InChI is InChI=1S/C17H25FN2O2/c1-13-6-3-4-10-20(13)11-5-9-19-17(21)14-7-8-16(22-2)15(18)12-14/h7-8,12-13H,3-6,9-11H2,1-2H3,(H,19,21)/t13-/m1/s1. The van der Waals surface area contributed by atoms with Gasteiger partial charge < -0.3 is 15.0 Å². The molecular formula is C17H25FN2O2. The zero-order chi connectivity index (χ0) is 15.9. The molecular weight excluding hydrogens is 283 g/mol. The molecule has 0 bridgehead atoms. The highest BCUT2D eigenvalue weighted by Crippen LogP contribution is 2.18. The molecule has 1 aromatic carbocycles. The summed E-state index contributed by atoms with van der Waals surface area (Å²) in [5, 5.41) is 2.84. The number of likely N-dealkylation sites (tertiary alicyclic amines) is 1. The molecule has 1 N–H and O–H groups in total. The molecule has 4 nitrogen and oxygen atoms in total. The number of hydrogen-bond donors (Lipinski definition) is 1. The van der Waals surface area contributed by atoms with Gasteiger partial charge in [0, 0.05) is 24.7 Å². The molecule has 1 atom stereocenters. The van der Waals surface area contributed by atoms with Gasteiger partial charge in [-0.1, -0.05) is 6.42 Å². The summed E-state index contributed by atoms with van der Waals surface area (Å²) in [6.07, 6.45) is 4.76. The molecule has 1 fully saturated rings. The predicted molar refractivity (Wildman–Crippen MR) is 84.8 cm³/mol. The van der Waals surface area contributed by atoms with E-state index < -0.39 is 5.82 Å². The monoisotopic (exact) mass is 308 g/mol. The van der Waals surface area contributed by atoms with Crippen molar-refractivity contribution < 1.29 is 13.9 Å². The maximum atomic E-state index is 13.6. The number of halogens is 1. The highest BCUT2D eigenvalue weighted by Gasteiger charge is 2.17. The zero-order valence-electron chi connectivity index (χ0n) is 13.4. The van der Waals surface area contributed by atoms with Crippen LogP contribution in [0.3, 0.4) is 0 Å². The Labute approximate surface area is 131 Å².